The number of benzene rings is 1. The van der Waals surface area contributed by atoms with E-state index < -0.39 is 0 Å². The fourth-order valence-electron chi connectivity index (χ4n) is 2.50. The second-order valence-corrected chi connectivity index (χ2v) is 4.50. The minimum atomic E-state index is 0.220. The minimum Gasteiger partial charge on any atom is -0.299 e. The van der Waals surface area contributed by atoms with E-state index in [-0.39, 0.29) is 5.92 Å². The molecule has 0 heterocycles. The highest BCUT2D eigenvalue weighted by molar-refractivity contribution is 5.84. The molecular weight excluding hydrogens is 184 g/mol. The van der Waals surface area contributed by atoms with E-state index in [1.165, 1.54) is 11.1 Å². The molecule has 0 bridgehead atoms. The molecule has 1 aromatic carbocycles. The van der Waals surface area contributed by atoms with Gasteiger partial charge in [0.05, 0.1) is 0 Å². The summed E-state index contributed by atoms with van der Waals surface area (Å²) >= 11 is 0. The van der Waals surface area contributed by atoms with Crippen LogP contribution in [-0.2, 0) is 11.2 Å². The predicted octanol–water partition coefficient (Wildman–Crippen LogP) is 3.33. The first-order valence-corrected chi connectivity index (χ1v) is 5.84. The SMILES string of the molecule is CCc1cccc(C2CCC(=O)C2C)c1. The third-order valence-electron chi connectivity index (χ3n) is 3.60. The number of hydrogen-bond acceptors (Lipinski definition) is 1. The molecule has 0 aliphatic heterocycles. The van der Waals surface area contributed by atoms with Crippen molar-refractivity contribution in [1.82, 2.24) is 0 Å². The Morgan fingerprint density at radius 1 is 1.40 bits per heavy atom. The molecule has 1 aromatic rings. The standard InChI is InChI=1S/C14H18O/c1-3-11-5-4-6-12(9-11)13-7-8-14(15)10(13)2/h4-6,9-10,13H,3,7-8H2,1-2H3. The summed E-state index contributed by atoms with van der Waals surface area (Å²) in [5.74, 6) is 1.11. The zero-order chi connectivity index (χ0) is 10.8. The van der Waals surface area contributed by atoms with Crippen molar-refractivity contribution in [2.24, 2.45) is 5.92 Å². The fourth-order valence-corrected chi connectivity index (χ4v) is 2.50. The normalized spacial score (nSPS) is 25.9. The van der Waals surface area contributed by atoms with Gasteiger partial charge in [0.2, 0.25) is 0 Å². The highest BCUT2D eigenvalue weighted by Gasteiger charge is 2.31. The molecule has 1 heteroatoms. The van der Waals surface area contributed by atoms with Gasteiger partial charge in [-0.25, -0.2) is 0 Å². The molecule has 2 unspecified atom stereocenters. The summed E-state index contributed by atoms with van der Waals surface area (Å²) < 4.78 is 0. The predicted molar refractivity (Wildman–Crippen MR) is 62.0 cm³/mol. The molecule has 1 fully saturated rings. The Morgan fingerprint density at radius 2 is 2.20 bits per heavy atom. The van der Waals surface area contributed by atoms with Gasteiger partial charge in [0.25, 0.3) is 0 Å². The van der Waals surface area contributed by atoms with Crippen LogP contribution in [0.4, 0.5) is 0 Å². The summed E-state index contributed by atoms with van der Waals surface area (Å²) in [6.45, 7) is 4.24. The maximum Gasteiger partial charge on any atom is 0.136 e. The van der Waals surface area contributed by atoms with Crippen LogP contribution >= 0.6 is 0 Å². The van der Waals surface area contributed by atoms with E-state index in [1.54, 1.807) is 0 Å². The number of ketones is 1. The van der Waals surface area contributed by atoms with E-state index >= 15 is 0 Å². The van der Waals surface area contributed by atoms with Crippen LogP contribution in [0.15, 0.2) is 24.3 Å². The van der Waals surface area contributed by atoms with Gasteiger partial charge in [0, 0.05) is 12.3 Å². The molecule has 0 radical (unpaired) electrons. The fraction of sp³-hybridized carbons (Fsp3) is 0.500. The number of rotatable bonds is 2. The van der Waals surface area contributed by atoms with Crippen molar-refractivity contribution in [2.75, 3.05) is 0 Å². The molecule has 1 aliphatic rings. The maximum atomic E-state index is 11.5. The van der Waals surface area contributed by atoms with Crippen molar-refractivity contribution in [2.45, 2.75) is 39.0 Å². The quantitative estimate of drug-likeness (QED) is 0.719. The van der Waals surface area contributed by atoms with Crippen LogP contribution in [0.3, 0.4) is 0 Å². The first kappa shape index (κ1) is 10.4. The highest BCUT2D eigenvalue weighted by Crippen LogP contribution is 2.37. The maximum absolute atomic E-state index is 11.5. The largest absolute Gasteiger partial charge is 0.299 e. The van der Waals surface area contributed by atoms with Gasteiger partial charge in [-0.05, 0) is 29.9 Å². The van der Waals surface area contributed by atoms with Crippen LogP contribution in [0.25, 0.3) is 0 Å². The molecule has 15 heavy (non-hydrogen) atoms. The van der Waals surface area contributed by atoms with Crippen LogP contribution in [0.5, 0.6) is 0 Å². The molecule has 0 N–H and O–H groups in total. The van der Waals surface area contributed by atoms with E-state index in [4.69, 9.17) is 0 Å². The van der Waals surface area contributed by atoms with Gasteiger partial charge in [-0.1, -0.05) is 38.1 Å². The average molecular weight is 202 g/mol. The molecule has 0 aromatic heterocycles. The molecule has 2 atom stereocenters. The lowest BCUT2D eigenvalue weighted by atomic mass is 9.89. The zero-order valence-electron chi connectivity index (χ0n) is 9.49. The molecule has 1 nitrogen and oxygen atoms in total. The molecule has 1 aliphatic carbocycles. The number of aryl methyl sites for hydroxylation is 1. The third-order valence-corrected chi connectivity index (χ3v) is 3.60. The second-order valence-electron chi connectivity index (χ2n) is 4.50. The van der Waals surface area contributed by atoms with Crippen LogP contribution in [0, 0.1) is 5.92 Å². The van der Waals surface area contributed by atoms with Crippen LogP contribution in [-0.4, -0.2) is 5.78 Å². The van der Waals surface area contributed by atoms with Gasteiger partial charge in [-0.15, -0.1) is 0 Å². The van der Waals surface area contributed by atoms with E-state index in [1.807, 2.05) is 0 Å². The Kier molecular flexibility index (Phi) is 2.90. The Morgan fingerprint density at radius 3 is 2.80 bits per heavy atom. The monoisotopic (exact) mass is 202 g/mol. The van der Waals surface area contributed by atoms with Crippen LogP contribution in [0.2, 0.25) is 0 Å². The van der Waals surface area contributed by atoms with Crippen molar-refractivity contribution in [3.8, 4) is 0 Å². The summed E-state index contributed by atoms with van der Waals surface area (Å²) in [6, 6.07) is 8.70. The van der Waals surface area contributed by atoms with Crippen molar-refractivity contribution in [3.05, 3.63) is 35.4 Å². The van der Waals surface area contributed by atoms with E-state index in [9.17, 15) is 4.79 Å². The van der Waals surface area contributed by atoms with Gasteiger partial charge in [0.1, 0.15) is 5.78 Å². The zero-order valence-corrected chi connectivity index (χ0v) is 9.49. The van der Waals surface area contributed by atoms with Crippen molar-refractivity contribution in [1.29, 1.82) is 0 Å². The molecule has 0 saturated heterocycles. The number of carbonyl (C=O) groups excluding carboxylic acids is 1. The Bertz CT molecular complexity index is 367. The van der Waals surface area contributed by atoms with E-state index in [0.717, 1.165) is 19.3 Å². The minimum absolute atomic E-state index is 0.220. The summed E-state index contributed by atoms with van der Waals surface area (Å²) in [6.07, 6.45) is 2.87. The summed E-state index contributed by atoms with van der Waals surface area (Å²) in [5, 5.41) is 0. The Labute approximate surface area is 91.5 Å². The Balaban J connectivity index is 2.26. The smallest absolute Gasteiger partial charge is 0.136 e. The number of hydrogen-bond donors (Lipinski definition) is 0. The first-order valence-electron chi connectivity index (χ1n) is 5.84. The molecule has 0 amide bonds. The van der Waals surface area contributed by atoms with E-state index in [0.29, 0.717) is 11.7 Å². The van der Waals surface area contributed by atoms with Crippen LogP contribution < -0.4 is 0 Å². The topological polar surface area (TPSA) is 17.1 Å². The van der Waals surface area contributed by atoms with Gasteiger partial charge in [-0.2, -0.15) is 0 Å². The van der Waals surface area contributed by atoms with Gasteiger partial charge in [-0.3, -0.25) is 4.79 Å². The molecule has 2 rings (SSSR count). The van der Waals surface area contributed by atoms with Gasteiger partial charge >= 0.3 is 0 Å². The average Bonchev–Trinajstić information content (AvgIpc) is 2.60. The first-order chi connectivity index (χ1) is 7.22. The van der Waals surface area contributed by atoms with Crippen LogP contribution in [0.1, 0.15) is 43.7 Å². The van der Waals surface area contributed by atoms with Gasteiger partial charge < -0.3 is 0 Å². The molecular formula is C14H18O. The summed E-state index contributed by atoms with van der Waals surface area (Å²) in [7, 11) is 0. The number of carbonyl (C=O) groups is 1. The lowest BCUT2D eigenvalue weighted by molar-refractivity contribution is -0.120. The van der Waals surface area contributed by atoms with Crippen molar-refractivity contribution < 1.29 is 4.79 Å². The lowest BCUT2D eigenvalue weighted by Gasteiger charge is -2.15. The van der Waals surface area contributed by atoms with Crippen molar-refractivity contribution >= 4 is 5.78 Å². The van der Waals surface area contributed by atoms with Gasteiger partial charge in [0.15, 0.2) is 0 Å². The number of Topliss-reactive ketones (excluding diaryl/α,β-unsaturated/α-hetero) is 1. The molecule has 80 valence electrons. The second kappa shape index (κ2) is 4.18. The summed E-state index contributed by atoms with van der Waals surface area (Å²) in [4.78, 5) is 11.5. The van der Waals surface area contributed by atoms with E-state index in [2.05, 4.69) is 38.1 Å². The Hall–Kier alpha value is -1.11. The molecule has 0 spiro atoms. The highest BCUT2D eigenvalue weighted by atomic mass is 16.1. The third kappa shape index (κ3) is 1.97. The summed E-state index contributed by atoms with van der Waals surface area (Å²) in [5.41, 5.74) is 2.73. The van der Waals surface area contributed by atoms with Crippen molar-refractivity contribution in [3.63, 3.8) is 0 Å². The molecule has 1 saturated carbocycles. The lowest BCUT2D eigenvalue weighted by Crippen LogP contribution is -2.08.